The quantitative estimate of drug-likeness (QED) is 0.495. The summed E-state index contributed by atoms with van der Waals surface area (Å²) in [4.78, 5) is 11.6. The summed E-state index contributed by atoms with van der Waals surface area (Å²) in [5.74, 6) is 11.0. The van der Waals surface area contributed by atoms with Gasteiger partial charge in [-0.1, -0.05) is 24.8 Å². The number of phenolic OH excluding ortho intramolecular Hbond substituents is 1. The maximum atomic E-state index is 11.6. The zero-order chi connectivity index (χ0) is 17.6. The predicted molar refractivity (Wildman–Crippen MR) is 94.3 cm³/mol. The molecule has 0 fully saturated rings. The van der Waals surface area contributed by atoms with Gasteiger partial charge in [-0.05, 0) is 54.2 Å². The second-order valence-corrected chi connectivity index (χ2v) is 4.62. The van der Waals surface area contributed by atoms with Crippen molar-refractivity contribution in [3.63, 3.8) is 0 Å². The van der Waals surface area contributed by atoms with Gasteiger partial charge >= 0.3 is 5.97 Å². The summed E-state index contributed by atoms with van der Waals surface area (Å²) < 4.78 is 9.99. The van der Waals surface area contributed by atoms with Crippen LogP contribution in [0.1, 0.15) is 25.3 Å². The van der Waals surface area contributed by atoms with Crippen LogP contribution in [0.4, 0.5) is 0 Å². The van der Waals surface area contributed by atoms with Gasteiger partial charge in [0.25, 0.3) is 0 Å². The SMILES string of the molecule is CCCC#CC#C/C=C/COC(=O)/C=C/c1ccc(O)c(OC)c1. The molecular weight excluding hydrogens is 304 g/mol. The lowest BCUT2D eigenvalue weighted by molar-refractivity contribution is -0.136. The molecule has 0 aliphatic rings. The van der Waals surface area contributed by atoms with E-state index in [4.69, 9.17) is 9.47 Å². The number of carbonyl (C=O) groups is 1. The zero-order valence-corrected chi connectivity index (χ0v) is 13.8. The Morgan fingerprint density at radius 1 is 1.33 bits per heavy atom. The standard InChI is InChI=1S/C20H20O4/c1-3-4-5-6-7-8-9-10-15-24-20(22)14-12-17-11-13-18(21)19(16-17)23-2/h9-14,16,21H,3-4,15H2,1-2H3/b10-9+,14-12+. The number of hydrogen-bond acceptors (Lipinski definition) is 4. The van der Waals surface area contributed by atoms with E-state index in [0.29, 0.717) is 11.3 Å². The molecule has 0 radical (unpaired) electrons. The van der Waals surface area contributed by atoms with E-state index in [1.807, 2.05) is 0 Å². The normalized spacial score (nSPS) is 9.92. The zero-order valence-electron chi connectivity index (χ0n) is 13.8. The van der Waals surface area contributed by atoms with E-state index in [9.17, 15) is 9.90 Å². The summed E-state index contributed by atoms with van der Waals surface area (Å²) in [6, 6.07) is 4.78. The van der Waals surface area contributed by atoms with Crippen molar-refractivity contribution >= 4 is 12.0 Å². The molecule has 4 nitrogen and oxygen atoms in total. The molecule has 0 aliphatic heterocycles. The number of benzene rings is 1. The molecule has 1 aromatic carbocycles. The third-order valence-electron chi connectivity index (χ3n) is 2.74. The van der Waals surface area contributed by atoms with Crippen LogP contribution in [0.3, 0.4) is 0 Å². The first-order chi connectivity index (χ1) is 11.7. The number of hydrogen-bond donors (Lipinski definition) is 1. The van der Waals surface area contributed by atoms with E-state index < -0.39 is 5.97 Å². The van der Waals surface area contributed by atoms with Crippen LogP contribution in [0.2, 0.25) is 0 Å². The maximum absolute atomic E-state index is 11.6. The molecule has 0 amide bonds. The van der Waals surface area contributed by atoms with Crippen molar-refractivity contribution in [1.82, 2.24) is 0 Å². The summed E-state index contributed by atoms with van der Waals surface area (Å²) in [5.41, 5.74) is 0.716. The van der Waals surface area contributed by atoms with Crippen LogP contribution >= 0.6 is 0 Å². The van der Waals surface area contributed by atoms with Crippen molar-refractivity contribution < 1.29 is 19.4 Å². The smallest absolute Gasteiger partial charge is 0.331 e. The van der Waals surface area contributed by atoms with Crippen molar-refractivity contribution in [3.8, 4) is 35.2 Å². The van der Waals surface area contributed by atoms with Gasteiger partial charge in [0.05, 0.1) is 7.11 Å². The van der Waals surface area contributed by atoms with Crippen LogP contribution in [0, 0.1) is 23.7 Å². The Morgan fingerprint density at radius 3 is 2.92 bits per heavy atom. The average Bonchev–Trinajstić information content (AvgIpc) is 2.59. The molecule has 0 aliphatic carbocycles. The number of allylic oxidation sites excluding steroid dienone is 1. The third kappa shape index (κ3) is 7.77. The fourth-order valence-electron chi connectivity index (χ4n) is 1.56. The number of methoxy groups -OCH3 is 1. The number of rotatable bonds is 6. The number of aromatic hydroxyl groups is 1. The van der Waals surface area contributed by atoms with E-state index >= 15 is 0 Å². The second kappa shape index (κ2) is 11.5. The molecule has 24 heavy (non-hydrogen) atoms. The highest BCUT2D eigenvalue weighted by Gasteiger charge is 2.01. The summed E-state index contributed by atoms with van der Waals surface area (Å²) in [5, 5.41) is 9.49. The van der Waals surface area contributed by atoms with Crippen LogP contribution in [0.25, 0.3) is 6.08 Å². The largest absolute Gasteiger partial charge is 0.504 e. The van der Waals surface area contributed by atoms with Gasteiger partial charge in [0.2, 0.25) is 0 Å². The highest BCUT2D eigenvalue weighted by Crippen LogP contribution is 2.26. The van der Waals surface area contributed by atoms with Crippen molar-refractivity contribution in [2.75, 3.05) is 13.7 Å². The first-order valence-electron chi connectivity index (χ1n) is 7.52. The number of carbonyl (C=O) groups excluding carboxylic acids is 1. The van der Waals surface area contributed by atoms with Crippen LogP contribution in [0.15, 0.2) is 36.4 Å². The van der Waals surface area contributed by atoms with E-state index in [-0.39, 0.29) is 12.4 Å². The van der Waals surface area contributed by atoms with Crippen LogP contribution in [-0.2, 0) is 9.53 Å². The topological polar surface area (TPSA) is 55.8 Å². The monoisotopic (exact) mass is 324 g/mol. The minimum atomic E-state index is -0.470. The molecule has 0 spiro atoms. The van der Waals surface area contributed by atoms with E-state index in [0.717, 1.165) is 12.8 Å². The van der Waals surface area contributed by atoms with Gasteiger partial charge in [0, 0.05) is 12.5 Å². The highest BCUT2D eigenvalue weighted by molar-refractivity contribution is 5.87. The average molecular weight is 324 g/mol. The molecule has 0 bridgehead atoms. The van der Waals surface area contributed by atoms with E-state index in [1.54, 1.807) is 30.4 Å². The summed E-state index contributed by atoms with van der Waals surface area (Å²) in [6.07, 6.45) is 7.99. The van der Waals surface area contributed by atoms with Crippen molar-refractivity contribution in [2.45, 2.75) is 19.8 Å². The van der Waals surface area contributed by atoms with Gasteiger partial charge in [-0.25, -0.2) is 4.79 Å². The van der Waals surface area contributed by atoms with Gasteiger partial charge in [-0.15, -0.1) is 0 Å². The van der Waals surface area contributed by atoms with Gasteiger partial charge in [-0.3, -0.25) is 0 Å². The van der Waals surface area contributed by atoms with Gasteiger partial charge in [-0.2, -0.15) is 0 Å². The predicted octanol–water partition coefficient (Wildman–Crippen LogP) is 3.32. The number of esters is 1. The lowest BCUT2D eigenvalue weighted by Crippen LogP contribution is -1.99. The van der Waals surface area contributed by atoms with Crippen LogP contribution in [-0.4, -0.2) is 24.8 Å². The minimum absolute atomic E-state index is 0.0443. The molecule has 124 valence electrons. The molecule has 0 heterocycles. The van der Waals surface area contributed by atoms with Gasteiger partial charge in [0.1, 0.15) is 6.61 Å². The summed E-state index contributed by atoms with van der Waals surface area (Å²) in [7, 11) is 1.46. The summed E-state index contributed by atoms with van der Waals surface area (Å²) >= 11 is 0. The Bertz CT molecular complexity index is 721. The van der Waals surface area contributed by atoms with Crippen LogP contribution in [0.5, 0.6) is 11.5 Å². The second-order valence-electron chi connectivity index (χ2n) is 4.62. The van der Waals surface area contributed by atoms with Crippen LogP contribution < -0.4 is 4.74 Å². The highest BCUT2D eigenvalue weighted by atomic mass is 16.5. The third-order valence-corrected chi connectivity index (χ3v) is 2.74. The van der Waals surface area contributed by atoms with E-state index in [1.165, 1.54) is 19.3 Å². The molecule has 1 rings (SSSR count). The first-order valence-corrected chi connectivity index (χ1v) is 7.52. The Balaban J connectivity index is 2.40. The molecule has 0 saturated carbocycles. The van der Waals surface area contributed by atoms with Crippen molar-refractivity contribution in [2.24, 2.45) is 0 Å². The Kier molecular flexibility index (Phi) is 9.04. The van der Waals surface area contributed by atoms with Gasteiger partial charge in [0.15, 0.2) is 11.5 Å². The Hall–Kier alpha value is -3.11. The Morgan fingerprint density at radius 2 is 2.17 bits per heavy atom. The number of ether oxygens (including phenoxy) is 2. The molecule has 0 saturated heterocycles. The lowest BCUT2D eigenvalue weighted by Gasteiger charge is -2.03. The van der Waals surface area contributed by atoms with Crippen molar-refractivity contribution in [1.29, 1.82) is 0 Å². The molecule has 0 aromatic heterocycles. The number of unbranched alkanes of at least 4 members (excludes halogenated alkanes) is 1. The molecule has 0 atom stereocenters. The lowest BCUT2D eigenvalue weighted by atomic mass is 10.2. The fraction of sp³-hybridized carbons (Fsp3) is 0.250. The molecule has 4 heteroatoms. The molecule has 0 unspecified atom stereocenters. The number of phenols is 1. The van der Waals surface area contributed by atoms with Gasteiger partial charge < -0.3 is 14.6 Å². The molecule has 1 N–H and O–H groups in total. The summed E-state index contributed by atoms with van der Waals surface area (Å²) in [6.45, 7) is 2.20. The minimum Gasteiger partial charge on any atom is -0.504 e. The Labute approximate surface area is 142 Å². The fourth-order valence-corrected chi connectivity index (χ4v) is 1.56. The van der Waals surface area contributed by atoms with E-state index in [2.05, 4.69) is 30.6 Å². The molecule has 1 aromatic rings. The first kappa shape index (κ1) is 18.9. The maximum Gasteiger partial charge on any atom is 0.331 e. The van der Waals surface area contributed by atoms with Crippen molar-refractivity contribution in [3.05, 3.63) is 42.0 Å². The molecular formula is C20H20O4.